The molecule has 0 radical (unpaired) electrons. The molecule has 86 valence electrons. The summed E-state index contributed by atoms with van der Waals surface area (Å²) in [4.78, 5) is 21.0. The molecule has 2 rings (SSSR count). The van der Waals surface area contributed by atoms with Crippen LogP contribution in [0.1, 0.15) is 6.42 Å². The number of aromatic nitrogens is 2. The van der Waals surface area contributed by atoms with Crippen molar-refractivity contribution in [2.45, 2.75) is 6.42 Å². The Morgan fingerprint density at radius 2 is 2.44 bits per heavy atom. The Labute approximate surface area is 98.4 Å². The first-order valence-corrected chi connectivity index (χ1v) is 5.37. The van der Waals surface area contributed by atoms with E-state index in [4.69, 9.17) is 11.6 Å². The molecule has 2 heterocycles. The monoisotopic (exact) mass is 241 g/mol. The summed E-state index contributed by atoms with van der Waals surface area (Å²) in [5.74, 6) is 0.993. The molecule has 1 saturated heterocycles. The third-order valence-corrected chi connectivity index (χ3v) is 2.76. The molecule has 0 saturated carbocycles. The number of ether oxygens (including phenoxy) is 1. The normalized spacial score (nSPS) is 15.8. The minimum atomic E-state index is -0.162. The van der Waals surface area contributed by atoms with Crippen molar-refractivity contribution in [2.24, 2.45) is 5.92 Å². The molecule has 6 heteroatoms. The summed E-state index contributed by atoms with van der Waals surface area (Å²) in [6, 6.07) is 1.81. The smallest absolute Gasteiger partial charge is 0.305 e. The lowest BCUT2D eigenvalue weighted by Crippen LogP contribution is -2.48. The van der Waals surface area contributed by atoms with E-state index >= 15 is 0 Å². The van der Waals surface area contributed by atoms with Crippen LogP contribution in [0.2, 0.25) is 5.28 Å². The summed E-state index contributed by atoms with van der Waals surface area (Å²) < 4.78 is 4.61. The lowest BCUT2D eigenvalue weighted by Gasteiger charge is -2.39. The van der Waals surface area contributed by atoms with Gasteiger partial charge in [-0.15, -0.1) is 0 Å². The van der Waals surface area contributed by atoms with E-state index in [1.165, 1.54) is 7.11 Å². The summed E-state index contributed by atoms with van der Waals surface area (Å²) in [6.45, 7) is 1.62. The van der Waals surface area contributed by atoms with Gasteiger partial charge in [0.15, 0.2) is 0 Å². The summed E-state index contributed by atoms with van der Waals surface area (Å²) in [5.41, 5.74) is 0. The highest BCUT2D eigenvalue weighted by atomic mass is 35.5. The third-order valence-electron chi connectivity index (χ3n) is 2.58. The molecule has 1 aromatic rings. The van der Waals surface area contributed by atoms with E-state index in [0.29, 0.717) is 12.3 Å². The van der Waals surface area contributed by atoms with Crippen molar-refractivity contribution in [3.63, 3.8) is 0 Å². The van der Waals surface area contributed by atoms with Gasteiger partial charge in [0.05, 0.1) is 13.5 Å². The van der Waals surface area contributed by atoms with E-state index in [-0.39, 0.29) is 11.3 Å². The lowest BCUT2D eigenvalue weighted by atomic mass is 9.96. The van der Waals surface area contributed by atoms with Crippen LogP contribution in [0.15, 0.2) is 12.3 Å². The van der Waals surface area contributed by atoms with Crippen molar-refractivity contribution >= 4 is 23.4 Å². The Balaban J connectivity index is 1.86. The Morgan fingerprint density at radius 3 is 3.06 bits per heavy atom. The topological polar surface area (TPSA) is 55.3 Å². The molecular formula is C10H12ClN3O2. The molecule has 0 bridgehead atoms. The maximum Gasteiger partial charge on any atom is 0.305 e. The minimum absolute atomic E-state index is 0.162. The van der Waals surface area contributed by atoms with Crippen LogP contribution in [0, 0.1) is 5.92 Å². The van der Waals surface area contributed by atoms with Crippen molar-refractivity contribution in [1.82, 2.24) is 9.97 Å². The molecule has 0 amide bonds. The number of esters is 1. The van der Waals surface area contributed by atoms with Crippen LogP contribution >= 0.6 is 11.6 Å². The van der Waals surface area contributed by atoms with Crippen LogP contribution in [0.5, 0.6) is 0 Å². The number of hydrogen-bond acceptors (Lipinski definition) is 5. The number of nitrogens with zero attached hydrogens (tertiary/aromatic N) is 3. The van der Waals surface area contributed by atoms with Crippen molar-refractivity contribution in [3.05, 3.63) is 17.5 Å². The van der Waals surface area contributed by atoms with E-state index in [0.717, 1.165) is 18.9 Å². The first-order valence-electron chi connectivity index (χ1n) is 4.99. The van der Waals surface area contributed by atoms with Crippen molar-refractivity contribution < 1.29 is 9.53 Å². The second kappa shape index (κ2) is 4.65. The van der Waals surface area contributed by atoms with E-state index in [1.54, 1.807) is 12.3 Å². The highest BCUT2D eigenvalue weighted by molar-refractivity contribution is 6.28. The van der Waals surface area contributed by atoms with Gasteiger partial charge in [-0.25, -0.2) is 9.97 Å². The second-order valence-electron chi connectivity index (χ2n) is 3.74. The van der Waals surface area contributed by atoms with Gasteiger partial charge in [0.2, 0.25) is 5.28 Å². The van der Waals surface area contributed by atoms with Gasteiger partial charge in [-0.05, 0) is 17.7 Å². The fourth-order valence-electron chi connectivity index (χ4n) is 1.71. The van der Waals surface area contributed by atoms with Gasteiger partial charge in [0.25, 0.3) is 0 Å². The van der Waals surface area contributed by atoms with Gasteiger partial charge in [-0.3, -0.25) is 4.79 Å². The highest BCUT2D eigenvalue weighted by Crippen LogP contribution is 2.25. The number of methoxy groups -OCH3 is 1. The number of rotatable bonds is 3. The number of carbonyl (C=O) groups is 1. The molecule has 0 N–H and O–H groups in total. The fraction of sp³-hybridized carbons (Fsp3) is 0.500. The molecule has 0 spiro atoms. The zero-order valence-corrected chi connectivity index (χ0v) is 9.65. The van der Waals surface area contributed by atoms with Crippen molar-refractivity contribution in [2.75, 3.05) is 25.1 Å². The molecule has 1 aliphatic heterocycles. The molecular weight excluding hydrogens is 230 g/mol. The third kappa shape index (κ3) is 2.41. The van der Waals surface area contributed by atoms with Gasteiger partial charge in [0.1, 0.15) is 5.82 Å². The quantitative estimate of drug-likeness (QED) is 0.587. The molecule has 1 aliphatic rings. The predicted octanol–water partition coefficient (Wildman–Crippen LogP) is 1.13. The molecule has 0 unspecified atom stereocenters. The van der Waals surface area contributed by atoms with E-state index < -0.39 is 0 Å². The Bertz CT molecular complexity index is 393. The number of carbonyl (C=O) groups excluding carboxylic acids is 1. The first-order chi connectivity index (χ1) is 7.69. The molecule has 0 aliphatic carbocycles. The van der Waals surface area contributed by atoms with Gasteiger partial charge in [-0.1, -0.05) is 0 Å². The van der Waals surface area contributed by atoms with E-state index in [9.17, 15) is 4.79 Å². The van der Waals surface area contributed by atoms with Crippen LogP contribution in [0.3, 0.4) is 0 Å². The fourth-order valence-corrected chi connectivity index (χ4v) is 1.85. The Kier molecular flexibility index (Phi) is 3.24. The average molecular weight is 242 g/mol. The van der Waals surface area contributed by atoms with Crippen molar-refractivity contribution in [3.8, 4) is 0 Å². The molecule has 1 aromatic heterocycles. The Morgan fingerprint density at radius 1 is 1.69 bits per heavy atom. The minimum Gasteiger partial charge on any atom is -0.469 e. The van der Waals surface area contributed by atoms with E-state index in [1.807, 2.05) is 0 Å². The number of anilines is 1. The van der Waals surface area contributed by atoms with Crippen LogP contribution in [-0.2, 0) is 9.53 Å². The van der Waals surface area contributed by atoms with Gasteiger partial charge < -0.3 is 9.64 Å². The van der Waals surface area contributed by atoms with E-state index in [2.05, 4.69) is 19.6 Å². The SMILES string of the molecule is COC(=O)CC1CN(c2ccnc(Cl)n2)C1. The largest absolute Gasteiger partial charge is 0.469 e. The summed E-state index contributed by atoms with van der Waals surface area (Å²) in [6.07, 6.45) is 2.09. The summed E-state index contributed by atoms with van der Waals surface area (Å²) in [5, 5.41) is 0.244. The second-order valence-corrected chi connectivity index (χ2v) is 4.07. The van der Waals surface area contributed by atoms with Crippen LogP contribution in [0.25, 0.3) is 0 Å². The lowest BCUT2D eigenvalue weighted by molar-refractivity contribution is -0.141. The first kappa shape index (κ1) is 11.1. The number of halogens is 1. The van der Waals surface area contributed by atoms with Gasteiger partial charge in [-0.2, -0.15) is 0 Å². The molecule has 1 fully saturated rings. The molecule has 0 aromatic carbocycles. The summed E-state index contributed by atoms with van der Waals surface area (Å²) in [7, 11) is 1.41. The standard InChI is InChI=1S/C10H12ClN3O2/c1-16-9(15)4-7-5-14(6-7)8-2-3-12-10(11)13-8/h2-3,7H,4-6H2,1H3. The summed E-state index contributed by atoms with van der Waals surface area (Å²) >= 11 is 5.69. The molecule has 16 heavy (non-hydrogen) atoms. The van der Waals surface area contributed by atoms with Crippen LogP contribution in [0.4, 0.5) is 5.82 Å². The predicted molar refractivity (Wildman–Crippen MR) is 59.4 cm³/mol. The molecule has 5 nitrogen and oxygen atoms in total. The van der Waals surface area contributed by atoms with Crippen LogP contribution < -0.4 is 4.90 Å². The van der Waals surface area contributed by atoms with Gasteiger partial charge in [0, 0.05) is 25.2 Å². The average Bonchev–Trinajstić information content (AvgIpc) is 2.22. The van der Waals surface area contributed by atoms with Crippen LogP contribution in [-0.4, -0.2) is 36.1 Å². The van der Waals surface area contributed by atoms with Gasteiger partial charge >= 0.3 is 5.97 Å². The number of hydrogen-bond donors (Lipinski definition) is 0. The maximum absolute atomic E-state index is 11.0. The zero-order chi connectivity index (χ0) is 11.5. The highest BCUT2D eigenvalue weighted by Gasteiger charge is 2.29. The van der Waals surface area contributed by atoms with Crippen molar-refractivity contribution in [1.29, 1.82) is 0 Å². The zero-order valence-electron chi connectivity index (χ0n) is 8.89. The maximum atomic E-state index is 11.0. The Hall–Kier alpha value is -1.36. The molecule has 0 atom stereocenters.